The molecule has 1 fully saturated rings. The van der Waals surface area contributed by atoms with Crippen molar-refractivity contribution in [3.63, 3.8) is 0 Å². The fourth-order valence-corrected chi connectivity index (χ4v) is 2.33. The fraction of sp³-hybridized carbons (Fsp3) is 0.583. The van der Waals surface area contributed by atoms with Crippen LogP contribution in [0.25, 0.3) is 0 Å². The highest BCUT2D eigenvalue weighted by Crippen LogP contribution is 2.18. The van der Waals surface area contributed by atoms with Crippen molar-refractivity contribution in [1.82, 2.24) is 14.9 Å². The number of rotatable bonds is 3. The molecule has 7 heteroatoms. The lowest BCUT2D eigenvalue weighted by atomic mass is 10.2. The minimum Gasteiger partial charge on any atom is -0.391 e. The van der Waals surface area contributed by atoms with E-state index in [1.54, 1.807) is 0 Å². The highest BCUT2D eigenvalue weighted by molar-refractivity contribution is 5.61. The Balaban J connectivity index is 2.06. The second-order valence-corrected chi connectivity index (χ2v) is 4.55. The Morgan fingerprint density at radius 1 is 1.53 bits per heavy atom. The smallest absolute Gasteiger partial charge is 0.276 e. The lowest BCUT2D eigenvalue weighted by molar-refractivity contribution is 0.216. The molecule has 1 atom stereocenters. The van der Waals surface area contributed by atoms with E-state index in [1.165, 1.54) is 6.33 Å². The molecule has 19 heavy (non-hydrogen) atoms. The van der Waals surface area contributed by atoms with Gasteiger partial charge >= 0.3 is 0 Å². The first-order valence-electron chi connectivity index (χ1n) is 6.39. The van der Waals surface area contributed by atoms with Crippen LogP contribution in [0.3, 0.4) is 0 Å². The van der Waals surface area contributed by atoms with Gasteiger partial charge in [-0.1, -0.05) is 6.92 Å². The summed E-state index contributed by atoms with van der Waals surface area (Å²) in [6.07, 6.45) is 2.19. The minimum absolute atomic E-state index is 0.0355. The number of nitriles is 1. The van der Waals surface area contributed by atoms with Crippen LogP contribution >= 0.6 is 0 Å². The summed E-state index contributed by atoms with van der Waals surface area (Å²) in [6, 6.07) is 2.27. The Morgan fingerprint density at radius 3 is 2.79 bits per heavy atom. The van der Waals surface area contributed by atoms with Crippen LogP contribution in [0.5, 0.6) is 0 Å². The van der Waals surface area contributed by atoms with Crippen molar-refractivity contribution in [2.75, 3.05) is 36.8 Å². The molecule has 0 aliphatic carbocycles. The third-order valence-electron chi connectivity index (χ3n) is 3.46. The van der Waals surface area contributed by atoms with E-state index in [0.717, 1.165) is 32.6 Å². The standard InChI is InChI=1S/C12H18N6O/c1-2-9(7-13)17-3-5-18(6-4-17)11-10(14)12(19)16-8-15-11/h8-9H,2-6,14H2,1H3,(H,15,16,19). The summed E-state index contributed by atoms with van der Waals surface area (Å²) < 4.78 is 0. The number of piperazine rings is 1. The zero-order valence-electron chi connectivity index (χ0n) is 11.0. The molecule has 1 aromatic heterocycles. The van der Waals surface area contributed by atoms with Crippen molar-refractivity contribution >= 4 is 11.5 Å². The third kappa shape index (κ3) is 2.69. The molecule has 102 valence electrons. The van der Waals surface area contributed by atoms with Crippen LogP contribution in [0.15, 0.2) is 11.1 Å². The van der Waals surface area contributed by atoms with E-state index in [0.29, 0.717) is 5.82 Å². The second kappa shape index (κ2) is 5.71. The molecule has 0 bridgehead atoms. The van der Waals surface area contributed by atoms with E-state index in [-0.39, 0.29) is 17.3 Å². The van der Waals surface area contributed by atoms with Crippen molar-refractivity contribution in [1.29, 1.82) is 5.26 Å². The number of anilines is 2. The normalized spacial score (nSPS) is 18.0. The summed E-state index contributed by atoms with van der Waals surface area (Å²) in [5.74, 6) is 0.536. The number of H-pyrrole nitrogens is 1. The highest BCUT2D eigenvalue weighted by Gasteiger charge is 2.24. The minimum atomic E-state index is -0.309. The van der Waals surface area contributed by atoms with Crippen LogP contribution < -0.4 is 16.2 Å². The van der Waals surface area contributed by atoms with E-state index < -0.39 is 0 Å². The first-order valence-corrected chi connectivity index (χ1v) is 6.39. The Kier molecular flexibility index (Phi) is 4.02. The molecule has 0 radical (unpaired) electrons. The average Bonchev–Trinajstić information content (AvgIpc) is 2.44. The Morgan fingerprint density at radius 2 is 2.21 bits per heavy atom. The number of nitrogens with one attached hydrogen (secondary N) is 1. The summed E-state index contributed by atoms with van der Waals surface area (Å²) in [5.41, 5.74) is 5.59. The number of hydrogen-bond donors (Lipinski definition) is 2. The molecule has 3 N–H and O–H groups in total. The summed E-state index contributed by atoms with van der Waals surface area (Å²) in [5, 5.41) is 9.06. The Bertz CT molecular complexity index is 526. The van der Waals surface area contributed by atoms with Crippen LogP contribution in [-0.2, 0) is 0 Å². The van der Waals surface area contributed by atoms with Gasteiger partial charge in [-0.05, 0) is 6.42 Å². The van der Waals surface area contributed by atoms with Crippen molar-refractivity contribution in [3.05, 3.63) is 16.7 Å². The van der Waals surface area contributed by atoms with Crippen LogP contribution in [0.4, 0.5) is 11.5 Å². The van der Waals surface area contributed by atoms with Gasteiger partial charge in [-0.25, -0.2) is 4.98 Å². The molecule has 0 amide bonds. The Labute approximate surface area is 111 Å². The first kappa shape index (κ1) is 13.4. The second-order valence-electron chi connectivity index (χ2n) is 4.55. The number of aromatic amines is 1. The van der Waals surface area contributed by atoms with Crippen LogP contribution in [0, 0.1) is 11.3 Å². The largest absolute Gasteiger partial charge is 0.391 e. The van der Waals surface area contributed by atoms with Gasteiger partial charge in [0, 0.05) is 26.2 Å². The molecule has 0 aromatic carbocycles. The van der Waals surface area contributed by atoms with Gasteiger partial charge in [0.2, 0.25) is 0 Å². The molecule has 0 spiro atoms. The quantitative estimate of drug-likeness (QED) is 0.780. The zero-order chi connectivity index (χ0) is 13.8. The summed E-state index contributed by atoms with van der Waals surface area (Å²) in [7, 11) is 0. The molecular formula is C12H18N6O. The van der Waals surface area contributed by atoms with Crippen molar-refractivity contribution in [2.24, 2.45) is 0 Å². The van der Waals surface area contributed by atoms with E-state index in [4.69, 9.17) is 11.0 Å². The summed E-state index contributed by atoms with van der Waals surface area (Å²) >= 11 is 0. The molecule has 1 aliphatic rings. The van der Waals surface area contributed by atoms with Crippen molar-refractivity contribution in [3.8, 4) is 6.07 Å². The van der Waals surface area contributed by atoms with Crippen LogP contribution in [0.1, 0.15) is 13.3 Å². The van der Waals surface area contributed by atoms with Gasteiger partial charge in [0.15, 0.2) is 5.82 Å². The molecule has 1 unspecified atom stereocenters. The lowest BCUT2D eigenvalue weighted by Crippen LogP contribution is -2.50. The predicted molar refractivity (Wildman–Crippen MR) is 72.7 cm³/mol. The molecule has 0 saturated carbocycles. The van der Waals surface area contributed by atoms with Crippen LogP contribution in [0.2, 0.25) is 0 Å². The molecule has 2 rings (SSSR count). The molecule has 1 aliphatic heterocycles. The van der Waals surface area contributed by atoms with E-state index >= 15 is 0 Å². The van der Waals surface area contributed by atoms with Crippen molar-refractivity contribution in [2.45, 2.75) is 19.4 Å². The van der Waals surface area contributed by atoms with E-state index in [2.05, 4.69) is 20.9 Å². The summed E-state index contributed by atoms with van der Waals surface area (Å²) in [6.45, 7) is 5.01. The maximum absolute atomic E-state index is 11.4. The number of aromatic nitrogens is 2. The molecule has 2 heterocycles. The fourth-order valence-electron chi connectivity index (χ4n) is 2.33. The number of nitrogen functional groups attached to an aromatic ring is 1. The number of nitrogens with zero attached hydrogens (tertiary/aromatic N) is 4. The average molecular weight is 262 g/mol. The van der Waals surface area contributed by atoms with Crippen LogP contribution in [-0.4, -0.2) is 47.1 Å². The third-order valence-corrected chi connectivity index (χ3v) is 3.46. The first-order chi connectivity index (χ1) is 9.17. The number of hydrogen-bond acceptors (Lipinski definition) is 6. The van der Waals surface area contributed by atoms with Crippen molar-refractivity contribution < 1.29 is 0 Å². The number of nitrogens with two attached hydrogens (primary N) is 1. The van der Waals surface area contributed by atoms with Gasteiger partial charge in [-0.2, -0.15) is 5.26 Å². The molecular weight excluding hydrogens is 244 g/mol. The predicted octanol–water partition coefficient (Wildman–Crippen LogP) is -0.224. The van der Waals surface area contributed by atoms with Gasteiger partial charge in [0.1, 0.15) is 5.69 Å². The van der Waals surface area contributed by atoms with Gasteiger partial charge in [0.05, 0.1) is 18.4 Å². The SMILES string of the molecule is CCC(C#N)N1CCN(c2nc[nH]c(=O)c2N)CC1. The molecule has 7 nitrogen and oxygen atoms in total. The maximum Gasteiger partial charge on any atom is 0.276 e. The topological polar surface area (TPSA) is 102 Å². The highest BCUT2D eigenvalue weighted by atomic mass is 16.1. The molecule has 1 aromatic rings. The Hall–Kier alpha value is -2.07. The summed E-state index contributed by atoms with van der Waals surface area (Å²) in [4.78, 5) is 22.2. The van der Waals surface area contributed by atoms with E-state index in [1.807, 2.05) is 11.8 Å². The zero-order valence-corrected chi connectivity index (χ0v) is 11.0. The lowest BCUT2D eigenvalue weighted by Gasteiger charge is -2.37. The van der Waals surface area contributed by atoms with E-state index in [9.17, 15) is 4.79 Å². The van der Waals surface area contributed by atoms with Gasteiger partial charge < -0.3 is 15.6 Å². The monoisotopic (exact) mass is 262 g/mol. The maximum atomic E-state index is 11.4. The van der Waals surface area contributed by atoms with Gasteiger partial charge in [0.25, 0.3) is 5.56 Å². The molecule has 1 saturated heterocycles. The van der Waals surface area contributed by atoms with Gasteiger partial charge in [-0.15, -0.1) is 0 Å². The van der Waals surface area contributed by atoms with Gasteiger partial charge in [-0.3, -0.25) is 9.69 Å².